The number of nitrogens with zero attached hydrogens (tertiary/aromatic N) is 4. The van der Waals surface area contributed by atoms with E-state index in [9.17, 15) is 0 Å². The molecular weight excluding hydrogens is 262 g/mol. The first-order valence-electron chi connectivity index (χ1n) is 7.99. The molecule has 0 aliphatic carbocycles. The van der Waals surface area contributed by atoms with E-state index in [0.29, 0.717) is 6.04 Å². The predicted octanol–water partition coefficient (Wildman–Crippen LogP) is 2.77. The van der Waals surface area contributed by atoms with E-state index in [4.69, 9.17) is 0 Å². The molecule has 0 radical (unpaired) electrons. The predicted molar refractivity (Wildman–Crippen MR) is 85.3 cm³/mol. The van der Waals surface area contributed by atoms with E-state index in [2.05, 4.69) is 60.2 Å². The Bertz CT molecular complexity index is 555. The summed E-state index contributed by atoms with van der Waals surface area (Å²) in [4.78, 5) is 0. The molecule has 2 rings (SSSR count). The first-order chi connectivity index (χ1) is 10.2. The second-order valence-corrected chi connectivity index (χ2v) is 5.44. The van der Waals surface area contributed by atoms with Gasteiger partial charge < -0.3 is 5.32 Å². The van der Waals surface area contributed by atoms with Gasteiger partial charge in [0.25, 0.3) is 0 Å². The highest BCUT2D eigenvalue weighted by Gasteiger charge is 2.10. The molecule has 0 aliphatic rings. The van der Waals surface area contributed by atoms with Gasteiger partial charge in [0.2, 0.25) is 0 Å². The molecule has 5 heteroatoms. The first-order valence-corrected chi connectivity index (χ1v) is 7.99. The fourth-order valence-electron chi connectivity index (χ4n) is 2.42. The average Bonchev–Trinajstić information content (AvgIpc) is 3.11. The maximum atomic E-state index is 4.59. The van der Waals surface area contributed by atoms with Gasteiger partial charge in [0.1, 0.15) is 0 Å². The molecule has 0 fully saturated rings. The van der Waals surface area contributed by atoms with Crippen LogP contribution in [0.2, 0.25) is 0 Å². The number of aryl methyl sites for hydroxylation is 2. The maximum Gasteiger partial charge on any atom is 0.0828 e. The largest absolute Gasteiger partial charge is 0.310 e. The summed E-state index contributed by atoms with van der Waals surface area (Å²) in [5.41, 5.74) is 3.61. The van der Waals surface area contributed by atoms with Crippen LogP contribution in [0, 0.1) is 0 Å². The smallest absolute Gasteiger partial charge is 0.0828 e. The van der Waals surface area contributed by atoms with Crippen molar-refractivity contribution >= 4 is 0 Å². The van der Waals surface area contributed by atoms with Crippen LogP contribution < -0.4 is 5.32 Å². The normalized spacial score (nSPS) is 12.8. The van der Waals surface area contributed by atoms with Crippen LogP contribution in [0.4, 0.5) is 0 Å². The lowest BCUT2D eigenvalue weighted by molar-refractivity contribution is 0.563. The summed E-state index contributed by atoms with van der Waals surface area (Å²) in [6, 6.07) is 2.53. The molecule has 2 heterocycles. The van der Waals surface area contributed by atoms with E-state index in [0.717, 1.165) is 38.2 Å². The van der Waals surface area contributed by atoms with Crippen molar-refractivity contribution in [3.05, 3.63) is 35.4 Å². The summed E-state index contributed by atoms with van der Waals surface area (Å²) < 4.78 is 4.07. The van der Waals surface area contributed by atoms with Crippen molar-refractivity contribution in [3.8, 4) is 0 Å². The van der Waals surface area contributed by atoms with Gasteiger partial charge in [0, 0.05) is 24.3 Å². The Morgan fingerprint density at radius 2 is 2.10 bits per heavy atom. The van der Waals surface area contributed by atoms with Crippen molar-refractivity contribution in [1.82, 2.24) is 24.9 Å². The molecule has 0 bridgehead atoms. The number of hydrogen-bond acceptors (Lipinski definition) is 3. The average molecular weight is 289 g/mol. The van der Waals surface area contributed by atoms with Gasteiger partial charge in [0.15, 0.2) is 0 Å². The Kier molecular flexibility index (Phi) is 5.56. The molecule has 1 atom stereocenters. The third-order valence-electron chi connectivity index (χ3n) is 3.75. The lowest BCUT2D eigenvalue weighted by Crippen LogP contribution is -2.18. The minimum absolute atomic E-state index is 0.348. The molecule has 116 valence electrons. The summed E-state index contributed by atoms with van der Waals surface area (Å²) in [6.07, 6.45) is 6.21. The van der Waals surface area contributed by atoms with Gasteiger partial charge in [-0.05, 0) is 39.3 Å². The van der Waals surface area contributed by atoms with Gasteiger partial charge in [-0.3, -0.25) is 9.36 Å². The molecule has 1 unspecified atom stereocenters. The number of hydrogen-bond donors (Lipinski definition) is 1. The molecule has 1 N–H and O–H groups in total. The van der Waals surface area contributed by atoms with Crippen LogP contribution in [-0.2, 0) is 19.5 Å². The summed E-state index contributed by atoms with van der Waals surface area (Å²) in [5, 5.41) is 12.6. The monoisotopic (exact) mass is 289 g/mol. The van der Waals surface area contributed by atoms with Gasteiger partial charge in [-0.2, -0.15) is 10.2 Å². The first kappa shape index (κ1) is 15.8. The Morgan fingerprint density at radius 3 is 2.76 bits per heavy atom. The molecule has 0 aromatic carbocycles. The molecule has 0 aliphatic heterocycles. The highest BCUT2D eigenvalue weighted by molar-refractivity contribution is 5.13. The van der Waals surface area contributed by atoms with E-state index in [-0.39, 0.29) is 0 Å². The van der Waals surface area contributed by atoms with Crippen LogP contribution in [0.1, 0.15) is 57.1 Å². The molecule has 5 nitrogen and oxygen atoms in total. The Hall–Kier alpha value is -1.62. The lowest BCUT2D eigenvalue weighted by atomic mass is 10.2. The third kappa shape index (κ3) is 3.94. The molecule has 0 saturated carbocycles. The van der Waals surface area contributed by atoms with E-state index < -0.39 is 0 Å². The summed E-state index contributed by atoms with van der Waals surface area (Å²) in [5.74, 6) is 0. The molecular formula is C16H27N5. The number of nitrogens with one attached hydrogen (secondary N) is 1. The van der Waals surface area contributed by atoms with Crippen molar-refractivity contribution in [2.24, 2.45) is 0 Å². The number of aromatic nitrogens is 4. The fourth-order valence-corrected chi connectivity index (χ4v) is 2.42. The van der Waals surface area contributed by atoms with Crippen molar-refractivity contribution in [2.45, 2.75) is 59.7 Å². The standard InChI is InChI=1S/C16H27N5/c1-5-8-17-13(4)14-10-18-20(11-14)12-16-9-15(6-2)19-21(16)7-3/h9-11,13,17H,5-8,12H2,1-4H3. The summed E-state index contributed by atoms with van der Waals surface area (Å²) >= 11 is 0. The van der Waals surface area contributed by atoms with Crippen LogP contribution in [0.15, 0.2) is 18.5 Å². The minimum Gasteiger partial charge on any atom is -0.310 e. The van der Waals surface area contributed by atoms with Gasteiger partial charge in [-0.1, -0.05) is 13.8 Å². The van der Waals surface area contributed by atoms with Crippen molar-refractivity contribution in [1.29, 1.82) is 0 Å². The Morgan fingerprint density at radius 1 is 1.29 bits per heavy atom. The molecule has 0 amide bonds. The van der Waals surface area contributed by atoms with Crippen LogP contribution in [0.5, 0.6) is 0 Å². The second kappa shape index (κ2) is 7.41. The van der Waals surface area contributed by atoms with E-state index >= 15 is 0 Å². The van der Waals surface area contributed by atoms with E-state index in [1.54, 1.807) is 0 Å². The minimum atomic E-state index is 0.348. The van der Waals surface area contributed by atoms with Crippen LogP contribution in [-0.4, -0.2) is 26.1 Å². The van der Waals surface area contributed by atoms with Gasteiger partial charge in [0.05, 0.1) is 24.1 Å². The molecule has 2 aromatic heterocycles. The molecule has 2 aromatic rings. The zero-order chi connectivity index (χ0) is 15.2. The summed E-state index contributed by atoms with van der Waals surface area (Å²) in [6.45, 7) is 11.3. The second-order valence-electron chi connectivity index (χ2n) is 5.44. The zero-order valence-electron chi connectivity index (χ0n) is 13.6. The van der Waals surface area contributed by atoms with Crippen molar-refractivity contribution in [2.75, 3.05) is 6.54 Å². The molecule has 21 heavy (non-hydrogen) atoms. The quantitative estimate of drug-likeness (QED) is 0.813. The maximum absolute atomic E-state index is 4.59. The van der Waals surface area contributed by atoms with Crippen molar-refractivity contribution < 1.29 is 0 Å². The lowest BCUT2D eigenvalue weighted by Gasteiger charge is -2.10. The Balaban J connectivity index is 2.06. The highest BCUT2D eigenvalue weighted by atomic mass is 15.3. The summed E-state index contributed by atoms with van der Waals surface area (Å²) in [7, 11) is 0. The third-order valence-corrected chi connectivity index (χ3v) is 3.75. The fraction of sp³-hybridized carbons (Fsp3) is 0.625. The zero-order valence-corrected chi connectivity index (χ0v) is 13.6. The van der Waals surface area contributed by atoms with Crippen LogP contribution >= 0.6 is 0 Å². The number of rotatable bonds is 8. The van der Waals surface area contributed by atoms with Crippen LogP contribution in [0.25, 0.3) is 0 Å². The van der Waals surface area contributed by atoms with E-state index in [1.165, 1.54) is 11.3 Å². The van der Waals surface area contributed by atoms with E-state index in [1.807, 2.05) is 10.9 Å². The van der Waals surface area contributed by atoms with Crippen molar-refractivity contribution in [3.63, 3.8) is 0 Å². The van der Waals surface area contributed by atoms with Crippen LogP contribution in [0.3, 0.4) is 0 Å². The SMILES string of the molecule is CCCNC(C)c1cnn(Cc2cc(CC)nn2CC)c1. The molecule has 0 saturated heterocycles. The van der Waals surface area contributed by atoms with Gasteiger partial charge in [-0.15, -0.1) is 0 Å². The topological polar surface area (TPSA) is 47.7 Å². The van der Waals surface area contributed by atoms with Gasteiger partial charge >= 0.3 is 0 Å². The molecule has 0 spiro atoms. The highest BCUT2D eigenvalue weighted by Crippen LogP contribution is 2.13. The van der Waals surface area contributed by atoms with Gasteiger partial charge in [-0.25, -0.2) is 0 Å². The Labute approximate surface area is 127 Å².